The summed E-state index contributed by atoms with van der Waals surface area (Å²) in [6.07, 6.45) is 6.79. The average Bonchev–Trinajstić information content (AvgIpc) is 2.37. The quantitative estimate of drug-likeness (QED) is 0.540. The summed E-state index contributed by atoms with van der Waals surface area (Å²) in [5.41, 5.74) is 1.02. The van der Waals surface area contributed by atoms with E-state index in [1.807, 2.05) is 19.2 Å². The van der Waals surface area contributed by atoms with E-state index in [9.17, 15) is 0 Å². The van der Waals surface area contributed by atoms with Gasteiger partial charge in [0.2, 0.25) is 5.88 Å². The Morgan fingerprint density at radius 2 is 2.33 bits per heavy atom. The number of nitrogens with zero attached hydrogens (tertiary/aromatic N) is 2. The minimum atomic E-state index is 0.670. The molecule has 0 aliphatic heterocycles. The zero-order valence-electron chi connectivity index (χ0n) is 11.4. The minimum absolute atomic E-state index is 0.670. The molecule has 1 heterocycles. The zero-order valence-corrected chi connectivity index (χ0v) is 11.4. The molecule has 0 aliphatic carbocycles. The number of hydrogen-bond acceptors (Lipinski definition) is 4. The first-order chi connectivity index (χ1) is 8.77. The van der Waals surface area contributed by atoms with Gasteiger partial charge < -0.3 is 10.1 Å². The summed E-state index contributed by atoms with van der Waals surface area (Å²) in [6.45, 7) is 10.1. The van der Waals surface area contributed by atoms with Gasteiger partial charge in [-0.25, -0.2) is 4.98 Å². The maximum Gasteiger partial charge on any atom is 0.221 e. The lowest BCUT2D eigenvalue weighted by atomic mass is 10.3. The van der Waals surface area contributed by atoms with Crippen molar-refractivity contribution in [3.8, 4) is 5.88 Å². The van der Waals surface area contributed by atoms with Crippen molar-refractivity contribution in [2.75, 3.05) is 13.2 Å². The fourth-order valence-electron chi connectivity index (χ4n) is 1.52. The molecular weight excluding hydrogens is 226 g/mol. The van der Waals surface area contributed by atoms with E-state index < -0.39 is 0 Å². The topological polar surface area (TPSA) is 47.0 Å². The van der Waals surface area contributed by atoms with Crippen molar-refractivity contribution >= 4 is 0 Å². The van der Waals surface area contributed by atoms with E-state index in [4.69, 9.17) is 4.74 Å². The summed E-state index contributed by atoms with van der Waals surface area (Å²) < 4.78 is 5.71. The van der Waals surface area contributed by atoms with Crippen LogP contribution in [0.25, 0.3) is 0 Å². The van der Waals surface area contributed by atoms with Crippen LogP contribution in [0.1, 0.15) is 37.6 Å². The largest absolute Gasteiger partial charge is 0.477 e. The van der Waals surface area contributed by atoms with Crippen LogP contribution in [0.5, 0.6) is 5.88 Å². The summed E-state index contributed by atoms with van der Waals surface area (Å²) in [4.78, 5) is 8.57. The smallest absolute Gasteiger partial charge is 0.221 e. The Labute approximate surface area is 109 Å². The summed E-state index contributed by atoms with van der Waals surface area (Å²) in [7, 11) is 0. The number of aromatic nitrogens is 2. The highest BCUT2D eigenvalue weighted by atomic mass is 16.5. The summed E-state index contributed by atoms with van der Waals surface area (Å²) in [5.74, 6) is 1.45. The number of allylic oxidation sites excluding steroid dienone is 1. The molecule has 0 aromatic carbocycles. The predicted molar refractivity (Wildman–Crippen MR) is 73.7 cm³/mol. The van der Waals surface area contributed by atoms with Crippen molar-refractivity contribution < 1.29 is 4.74 Å². The maximum absolute atomic E-state index is 5.71. The monoisotopic (exact) mass is 249 g/mol. The molecule has 0 atom stereocenters. The van der Waals surface area contributed by atoms with Gasteiger partial charge in [0, 0.05) is 18.3 Å². The number of nitrogens with one attached hydrogen (secondary N) is 1. The molecule has 0 bridgehead atoms. The van der Waals surface area contributed by atoms with Crippen LogP contribution in [-0.2, 0) is 6.54 Å². The lowest BCUT2D eigenvalue weighted by Crippen LogP contribution is -2.16. The lowest BCUT2D eigenvalue weighted by molar-refractivity contribution is 0.294. The van der Waals surface area contributed by atoms with Crippen molar-refractivity contribution in [1.29, 1.82) is 0 Å². The highest BCUT2D eigenvalue weighted by Gasteiger charge is 2.06. The fraction of sp³-hybridized carbons (Fsp3) is 0.571. The summed E-state index contributed by atoms with van der Waals surface area (Å²) >= 11 is 0. The van der Waals surface area contributed by atoms with Crippen molar-refractivity contribution in [2.24, 2.45) is 0 Å². The van der Waals surface area contributed by atoms with E-state index in [0.717, 1.165) is 43.7 Å². The SMILES string of the molecule is C=CCCCOc1nc(C)ncc1CNCCC. The second kappa shape index (κ2) is 8.64. The third kappa shape index (κ3) is 5.27. The molecular formula is C14H23N3O. The van der Waals surface area contributed by atoms with Crippen LogP contribution >= 0.6 is 0 Å². The van der Waals surface area contributed by atoms with Gasteiger partial charge in [0.05, 0.1) is 6.61 Å². The molecule has 0 saturated carbocycles. The second-order valence-corrected chi connectivity index (χ2v) is 4.20. The normalized spacial score (nSPS) is 10.3. The van der Waals surface area contributed by atoms with Gasteiger partial charge in [0.25, 0.3) is 0 Å². The van der Waals surface area contributed by atoms with Crippen molar-refractivity contribution in [1.82, 2.24) is 15.3 Å². The molecule has 1 rings (SSSR count). The minimum Gasteiger partial charge on any atom is -0.477 e. The number of rotatable bonds is 9. The number of unbranched alkanes of at least 4 members (excludes halogenated alkanes) is 1. The van der Waals surface area contributed by atoms with Crippen LogP contribution in [0, 0.1) is 6.92 Å². The molecule has 0 spiro atoms. The predicted octanol–water partition coefficient (Wildman–Crippen LogP) is 2.63. The van der Waals surface area contributed by atoms with Crippen molar-refractivity contribution in [2.45, 2.75) is 39.7 Å². The van der Waals surface area contributed by atoms with Gasteiger partial charge in [-0.3, -0.25) is 0 Å². The summed E-state index contributed by atoms with van der Waals surface area (Å²) in [6, 6.07) is 0. The molecule has 1 aromatic heterocycles. The molecule has 0 fully saturated rings. The highest BCUT2D eigenvalue weighted by Crippen LogP contribution is 2.14. The zero-order chi connectivity index (χ0) is 13.2. The first-order valence-electron chi connectivity index (χ1n) is 6.54. The molecule has 4 nitrogen and oxygen atoms in total. The molecule has 18 heavy (non-hydrogen) atoms. The first kappa shape index (κ1) is 14.6. The van der Waals surface area contributed by atoms with Crippen LogP contribution in [0.4, 0.5) is 0 Å². The van der Waals surface area contributed by atoms with Gasteiger partial charge in [-0.05, 0) is 32.7 Å². The van der Waals surface area contributed by atoms with E-state index >= 15 is 0 Å². The van der Waals surface area contributed by atoms with Gasteiger partial charge in [0.15, 0.2) is 0 Å². The molecule has 1 aromatic rings. The molecule has 4 heteroatoms. The van der Waals surface area contributed by atoms with E-state index in [-0.39, 0.29) is 0 Å². The molecule has 0 radical (unpaired) electrons. The number of ether oxygens (including phenoxy) is 1. The number of aryl methyl sites for hydroxylation is 1. The van der Waals surface area contributed by atoms with Crippen molar-refractivity contribution in [3.63, 3.8) is 0 Å². The van der Waals surface area contributed by atoms with Crippen LogP contribution in [-0.4, -0.2) is 23.1 Å². The molecule has 0 amide bonds. The maximum atomic E-state index is 5.71. The molecule has 0 unspecified atom stereocenters. The highest BCUT2D eigenvalue weighted by molar-refractivity contribution is 5.23. The van der Waals surface area contributed by atoms with Gasteiger partial charge in [-0.2, -0.15) is 4.98 Å². The Morgan fingerprint density at radius 1 is 1.50 bits per heavy atom. The average molecular weight is 249 g/mol. The van der Waals surface area contributed by atoms with Crippen molar-refractivity contribution in [3.05, 3.63) is 30.2 Å². The Kier molecular flexibility index (Phi) is 7.03. The lowest BCUT2D eigenvalue weighted by Gasteiger charge is -2.11. The molecule has 0 aliphatic rings. The van der Waals surface area contributed by atoms with Gasteiger partial charge in [-0.15, -0.1) is 6.58 Å². The first-order valence-corrected chi connectivity index (χ1v) is 6.54. The number of hydrogen-bond donors (Lipinski definition) is 1. The molecule has 100 valence electrons. The van der Waals surface area contributed by atoms with Gasteiger partial charge in [0.1, 0.15) is 5.82 Å². The van der Waals surface area contributed by atoms with Crippen LogP contribution < -0.4 is 10.1 Å². The van der Waals surface area contributed by atoms with Gasteiger partial charge >= 0.3 is 0 Å². The van der Waals surface area contributed by atoms with E-state index in [1.54, 1.807) is 0 Å². The Morgan fingerprint density at radius 3 is 3.06 bits per heavy atom. The van der Waals surface area contributed by atoms with E-state index in [1.165, 1.54) is 0 Å². The van der Waals surface area contributed by atoms with E-state index in [0.29, 0.717) is 12.5 Å². The van der Waals surface area contributed by atoms with Crippen LogP contribution in [0.15, 0.2) is 18.9 Å². The second-order valence-electron chi connectivity index (χ2n) is 4.20. The Bertz CT molecular complexity index is 366. The standard InChI is InChI=1S/C14H23N3O/c1-4-6-7-9-18-14-13(10-15-8-5-2)11-16-12(3)17-14/h4,11,15H,1,5-10H2,2-3H3. The van der Waals surface area contributed by atoms with Gasteiger partial charge in [-0.1, -0.05) is 13.0 Å². The summed E-state index contributed by atoms with van der Waals surface area (Å²) in [5, 5.41) is 3.34. The third-order valence-electron chi connectivity index (χ3n) is 2.48. The molecule has 0 saturated heterocycles. The Balaban J connectivity index is 2.55. The van der Waals surface area contributed by atoms with E-state index in [2.05, 4.69) is 28.8 Å². The third-order valence-corrected chi connectivity index (χ3v) is 2.48. The fourth-order valence-corrected chi connectivity index (χ4v) is 1.52. The van der Waals surface area contributed by atoms with Crippen LogP contribution in [0.2, 0.25) is 0 Å². The molecule has 1 N–H and O–H groups in total. The Hall–Kier alpha value is -1.42. The van der Waals surface area contributed by atoms with Crippen LogP contribution in [0.3, 0.4) is 0 Å².